The van der Waals surface area contributed by atoms with Crippen molar-refractivity contribution in [3.63, 3.8) is 0 Å². The number of carbonyl (C=O) groups is 1. The molecule has 1 heterocycles. The van der Waals surface area contributed by atoms with Gasteiger partial charge in [0.15, 0.2) is 0 Å². The minimum absolute atomic E-state index is 0.0829. The van der Waals surface area contributed by atoms with Crippen molar-refractivity contribution in [2.45, 2.75) is 26.3 Å². The summed E-state index contributed by atoms with van der Waals surface area (Å²) in [5.41, 5.74) is 5.49. The molecule has 1 amide bonds. The fourth-order valence-corrected chi connectivity index (χ4v) is 1.80. The molecule has 1 atom stereocenters. The molecule has 1 aromatic rings. The van der Waals surface area contributed by atoms with Gasteiger partial charge in [-0.05, 0) is 18.9 Å². The lowest BCUT2D eigenvalue weighted by atomic mass is 10.1. The van der Waals surface area contributed by atoms with Crippen LogP contribution in [0.5, 0.6) is 0 Å². The van der Waals surface area contributed by atoms with Crippen LogP contribution in [0.1, 0.15) is 19.8 Å². The van der Waals surface area contributed by atoms with Gasteiger partial charge in [-0.2, -0.15) is 5.10 Å². The maximum Gasteiger partial charge on any atom is 0.229 e. The highest BCUT2D eigenvalue weighted by molar-refractivity contribution is 7.80. The van der Waals surface area contributed by atoms with Crippen LogP contribution in [0.4, 0.5) is 0 Å². The number of nitrogens with zero attached hydrogens (tertiary/aromatic N) is 2. The topological polar surface area (TPSA) is 72.9 Å². The van der Waals surface area contributed by atoms with Crippen LogP contribution in [-0.4, -0.2) is 27.2 Å². The van der Waals surface area contributed by atoms with Crippen LogP contribution in [-0.2, 0) is 11.3 Å². The van der Waals surface area contributed by atoms with E-state index >= 15 is 0 Å². The molecule has 5 nitrogen and oxygen atoms in total. The molecule has 0 aromatic carbocycles. The summed E-state index contributed by atoms with van der Waals surface area (Å²) >= 11 is 4.84. The summed E-state index contributed by atoms with van der Waals surface area (Å²) in [6, 6.07) is 1.87. The van der Waals surface area contributed by atoms with Crippen molar-refractivity contribution in [2.75, 3.05) is 6.54 Å². The average molecular weight is 254 g/mol. The van der Waals surface area contributed by atoms with Crippen molar-refractivity contribution in [3.05, 3.63) is 18.5 Å². The number of thiocarbonyl (C=S) groups is 1. The number of amides is 1. The fourth-order valence-electron chi connectivity index (χ4n) is 1.52. The largest absolute Gasteiger partial charge is 0.393 e. The number of nitrogens with two attached hydrogens (primary N) is 1. The summed E-state index contributed by atoms with van der Waals surface area (Å²) in [6.45, 7) is 3.29. The molecule has 0 bridgehead atoms. The van der Waals surface area contributed by atoms with E-state index in [0.29, 0.717) is 13.0 Å². The second-order valence-corrected chi connectivity index (χ2v) is 4.25. The number of rotatable bonds is 7. The van der Waals surface area contributed by atoms with E-state index in [1.165, 1.54) is 0 Å². The Kier molecular flexibility index (Phi) is 5.62. The molecule has 0 radical (unpaired) electrons. The minimum Gasteiger partial charge on any atom is -0.393 e. The first kappa shape index (κ1) is 13.6. The van der Waals surface area contributed by atoms with Gasteiger partial charge >= 0.3 is 0 Å². The van der Waals surface area contributed by atoms with E-state index in [1.54, 1.807) is 6.20 Å². The van der Waals surface area contributed by atoms with Crippen LogP contribution in [0.3, 0.4) is 0 Å². The molecule has 0 spiro atoms. The summed E-state index contributed by atoms with van der Waals surface area (Å²) in [7, 11) is 0. The van der Waals surface area contributed by atoms with Crippen molar-refractivity contribution in [2.24, 2.45) is 11.7 Å². The lowest BCUT2D eigenvalue weighted by Gasteiger charge is -2.13. The van der Waals surface area contributed by atoms with Crippen LogP contribution >= 0.6 is 12.2 Å². The smallest absolute Gasteiger partial charge is 0.229 e. The Morgan fingerprint density at radius 2 is 2.41 bits per heavy atom. The molecule has 6 heteroatoms. The van der Waals surface area contributed by atoms with Gasteiger partial charge in [-0.1, -0.05) is 19.1 Å². The normalized spacial score (nSPS) is 12.1. The Morgan fingerprint density at radius 3 is 2.94 bits per heavy atom. The predicted octanol–water partition coefficient (Wildman–Crippen LogP) is 0.702. The highest BCUT2D eigenvalue weighted by Crippen LogP contribution is 2.02. The number of hydrogen-bond donors (Lipinski definition) is 2. The SMILES string of the molecule is CCC(C(=O)NCCCn1cccn1)C(N)=S. The summed E-state index contributed by atoms with van der Waals surface area (Å²) in [5.74, 6) is -0.435. The van der Waals surface area contributed by atoms with Gasteiger partial charge in [-0.3, -0.25) is 9.48 Å². The lowest BCUT2D eigenvalue weighted by molar-refractivity contribution is -0.123. The van der Waals surface area contributed by atoms with Crippen molar-refractivity contribution >= 4 is 23.1 Å². The van der Waals surface area contributed by atoms with Gasteiger partial charge in [-0.15, -0.1) is 0 Å². The molecule has 1 unspecified atom stereocenters. The Labute approximate surface area is 106 Å². The number of carbonyl (C=O) groups excluding carboxylic acids is 1. The summed E-state index contributed by atoms with van der Waals surface area (Å²) in [5, 5.41) is 6.91. The van der Waals surface area contributed by atoms with E-state index in [4.69, 9.17) is 18.0 Å². The van der Waals surface area contributed by atoms with Crippen molar-refractivity contribution in [3.8, 4) is 0 Å². The van der Waals surface area contributed by atoms with Crippen molar-refractivity contribution < 1.29 is 4.79 Å². The van der Waals surface area contributed by atoms with Gasteiger partial charge in [0.2, 0.25) is 5.91 Å². The number of nitrogens with one attached hydrogen (secondary N) is 1. The van der Waals surface area contributed by atoms with Crippen LogP contribution < -0.4 is 11.1 Å². The van der Waals surface area contributed by atoms with Gasteiger partial charge in [0, 0.05) is 25.5 Å². The third kappa shape index (κ3) is 4.52. The standard InChI is InChI=1S/C11H18N4OS/c1-2-9(10(12)17)11(16)13-5-3-7-15-8-4-6-14-15/h4,6,8-9H,2-3,5,7H2,1H3,(H2,12,17)(H,13,16). The number of aromatic nitrogens is 2. The first-order valence-electron chi connectivity index (χ1n) is 5.69. The van der Waals surface area contributed by atoms with E-state index in [1.807, 2.05) is 23.9 Å². The van der Waals surface area contributed by atoms with Crippen molar-refractivity contribution in [1.29, 1.82) is 0 Å². The molecule has 0 fully saturated rings. The molecule has 1 rings (SSSR count). The van der Waals surface area contributed by atoms with Crippen LogP contribution in [0.2, 0.25) is 0 Å². The molecular formula is C11H18N4OS. The Bertz CT molecular complexity index is 364. The zero-order valence-corrected chi connectivity index (χ0v) is 10.7. The highest BCUT2D eigenvalue weighted by Gasteiger charge is 2.18. The summed E-state index contributed by atoms with van der Waals surface area (Å²) in [4.78, 5) is 11.9. The van der Waals surface area contributed by atoms with Crippen molar-refractivity contribution in [1.82, 2.24) is 15.1 Å². The molecule has 0 aliphatic carbocycles. The van der Waals surface area contributed by atoms with Gasteiger partial charge in [-0.25, -0.2) is 0 Å². The first-order chi connectivity index (χ1) is 8.15. The van der Waals surface area contributed by atoms with E-state index in [0.717, 1.165) is 13.0 Å². The minimum atomic E-state index is -0.352. The Morgan fingerprint density at radius 1 is 1.65 bits per heavy atom. The van der Waals surface area contributed by atoms with Crippen LogP contribution in [0, 0.1) is 5.92 Å². The second-order valence-electron chi connectivity index (χ2n) is 3.78. The molecular weight excluding hydrogens is 236 g/mol. The molecule has 17 heavy (non-hydrogen) atoms. The molecule has 3 N–H and O–H groups in total. The van der Waals surface area contributed by atoms with Gasteiger partial charge < -0.3 is 11.1 Å². The fraction of sp³-hybridized carbons (Fsp3) is 0.545. The van der Waals surface area contributed by atoms with Gasteiger partial charge in [0.1, 0.15) is 0 Å². The second kappa shape index (κ2) is 7.01. The first-order valence-corrected chi connectivity index (χ1v) is 6.10. The number of hydrogen-bond acceptors (Lipinski definition) is 3. The van der Waals surface area contributed by atoms with E-state index < -0.39 is 0 Å². The average Bonchev–Trinajstić information content (AvgIpc) is 2.77. The quantitative estimate of drug-likeness (QED) is 0.555. The van der Waals surface area contributed by atoms with E-state index in [9.17, 15) is 4.79 Å². The van der Waals surface area contributed by atoms with Crippen LogP contribution in [0.25, 0.3) is 0 Å². The molecule has 0 aliphatic heterocycles. The maximum absolute atomic E-state index is 11.7. The Hall–Kier alpha value is -1.43. The third-order valence-electron chi connectivity index (χ3n) is 2.49. The number of aryl methyl sites for hydroxylation is 1. The van der Waals surface area contributed by atoms with Gasteiger partial charge in [0.25, 0.3) is 0 Å². The molecule has 0 aliphatic rings. The predicted molar refractivity (Wildman–Crippen MR) is 70.4 cm³/mol. The van der Waals surface area contributed by atoms with E-state index in [-0.39, 0.29) is 16.8 Å². The molecule has 1 aromatic heterocycles. The van der Waals surface area contributed by atoms with E-state index in [2.05, 4.69) is 10.4 Å². The van der Waals surface area contributed by atoms with Crippen LogP contribution in [0.15, 0.2) is 18.5 Å². The zero-order chi connectivity index (χ0) is 12.7. The lowest BCUT2D eigenvalue weighted by Crippen LogP contribution is -2.38. The Balaban J connectivity index is 2.22. The molecule has 94 valence electrons. The van der Waals surface area contributed by atoms with Gasteiger partial charge in [0.05, 0.1) is 10.9 Å². The molecule has 0 saturated heterocycles. The summed E-state index contributed by atoms with van der Waals surface area (Å²) in [6.07, 6.45) is 5.10. The third-order valence-corrected chi connectivity index (χ3v) is 2.78. The highest BCUT2D eigenvalue weighted by atomic mass is 32.1. The molecule has 0 saturated carbocycles. The monoisotopic (exact) mass is 254 g/mol. The maximum atomic E-state index is 11.7. The summed E-state index contributed by atoms with van der Waals surface area (Å²) < 4.78 is 1.83. The zero-order valence-electron chi connectivity index (χ0n) is 9.93.